The molecule has 0 amide bonds. The molecule has 0 fully saturated rings. The number of carboxylic acids is 1. The molecule has 1 aliphatic heterocycles. The number of carbonyl (C=O) groups is 1. The van der Waals surface area contributed by atoms with Crippen LogP contribution in [0.4, 0.5) is 0 Å². The Morgan fingerprint density at radius 2 is 2.35 bits per heavy atom. The summed E-state index contributed by atoms with van der Waals surface area (Å²) in [6, 6.07) is 5.68. The lowest BCUT2D eigenvalue weighted by Gasteiger charge is -2.08. The zero-order valence-electron chi connectivity index (χ0n) is 9.64. The molecule has 0 bridgehead atoms. The zero-order chi connectivity index (χ0) is 12.4. The number of aliphatic carboxylic acids is 1. The minimum absolute atomic E-state index is 0.0451. The van der Waals surface area contributed by atoms with Crippen LogP contribution in [-0.2, 0) is 11.2 Å². The van der Waals surface area contributed by atoms with Gasteiger partial charge in [0.15, 0.2) is 0 Å². The molecule has 1 aliphatic rings. The third-order valence-electron chi connectivity index (χ3n) is 2.73. The minimum Gasteiger partial charge on any atom is -0.485 e. The van der Waals surface area contributed by atoms with Gasteiger partial charge in [0.25, 0.3) is 0 Å². The molecule has 3 heteroatoms. The van der Waals surface area contributed by atoms with Gasteiger partial charge in [-0.2, -0.15) is 0 Å². The lowest BCUT2D eigenvalue weighted by molar-refractivity contribution is -0.131. The highest BCUT2D eigenvalue weighted by Crippen LogP contribution is 2.32. The Bertz CT molecular complexity index is 500. The van der Waals surface area contributed by atoms with Crippen molar-refractivity contribution in [2.45, 2.75) is 19.4 Å². The Labute approximate surface area is 100 Å². The van der Waals surface area contributed by atoms with E-state index in [-0.39, 0.29) is 6.10 Å². The van der Waals surface area contributed by atoms with E-state index in [0.29, 0.717) is 0 Å². The maximum Gasteiger partial charge on any atom is 0.328 e. The summed E-state index contributed by atoms with van der Waals surface area (Å²) in [7, 11) is 0. The van der Waals surface area contributed by atoms with Crippen LogP contribution in [0.1, 0.15) is 18.1 Å². The van der Waals surface area contributed by atoms with Gasteiger partial charge >= 0.3 is 5.97 Å². The van der Waals surface area contributed by atoms with E-state index in [1.54, 1.807) is 6.08 Å². The number of fused-ring (bicyclic) bond motifs is 1. The van der Waals surface area contributed by atoms with Gasteiger partial charge in [-0.1, -0.05) is 12.6 Å². The Morgan fingerprint density at radius 3 is 3.00 bits per heavy atom. The Kier molecular flexibility index (Phi) is 3.00. The van der Waals surface area contributed by atoms with Crippen LogP contribution >= 0.6 is 0 Å². The van der Waals surface area contributed by atoms with Gasteiger partial charge in [0.2, 0.25) is 0 Å². The lowest BCUT2D eigenvalue weighted by atomic mass is 10.0. The molecule has 2 rings (SSSR count). The first-order valence-corrected chi connectivity index (χ1v) is 5.42. The molecule has 1 aromatic carbocycles. The predicted molar refractivity (Wildman–Crippen MR) is 66.0 cm³/mol. The predicted octanol–water partition coefficient (Wildman–Crippen LogP) is 2.66. The number of hydrogen-bond acceptors (Lipinski definition) is 2. The first kappa shape index (κ1) is 11.5. The first-order chi connectivity index (χ1) is 8.06. The molecular weight excluding hydrogens is 216 g/mol. The standard InChI is InChI=1S/C14H14O3/c1-9(2)13-8-11-7-10(4-6-14(15)16)3-5-12(11)17-13/h3-7,13H,1,8H2,2H3,(H,15,16)/b6-4+. The monoisotopic (exact) mass is 230 g/mol. The maximum atomic E-state index is 10.4. The van der Waals surface area contributed by atoms with Crippen molar-refractivity contribution in [3.63, 3.8) is 0 Å². The van der Waals surface area contributed by atoms with Crippen molar-refractivity contribution in [2.75, 3.05) is 0 Å². The summed E-state index contributed by atoms with van der Waals surface area (Å²) < 4.78 is 5.71. The van der Waals surface area contributed by atoms with Gasteiger partial charge in [0.05, 0.1) is 0 Å². The van der Waals surface area contributed by atoms with Gasteiger partial charge in [0, 0.05) is 12.5 Å². The van der Waals surface area contributed by atoms with E-state index in [1.807, 2.05) is 25.1 Å². The summed E-state index contributed by atoms with van der Waals surface area (Å²) in [6.45, 7) is 5.83. The maximum absolute atomic E-state index is 10.4. The fourth-order valence-corrected chi connectivity index (χ4v) is 1.81. The van der Waals surface area contributed by atoms with Crippen molar-refractivity contribution in [3.05, 3.63) is 47.6 Å². The second-order valence-corrected chi connectivity index (χ2v) is 4.20. The number of hydrogen-bond donors (Lipinski definition) is 1. The Hall–Kier alpha value is -2.03. The van der Waals surface area contributed by atoms with Crippen molar-refractivity contribution >= 4 is 12.0 Å². The van der Waals surface area contributed by atoms with Crippen LogP contribution in [0.2, 0.25) is 0 Å². The van der Waals surface area contributed by atoms with Crippen LogP contribution in [0.3, 0.4) is 0 Å². The molecule has 0 aromatic heterocycles. The molecule has 1 unspecified atom stereocenters. The first-order valence-electron chi connectivity index (χ1n) is 5.42. The summed E-state index contributed by atoms with van der Waals surface area (Å²) in [5.41, 5.74) is 2.98. The van der Waals surface area contributed by atoms with E-state index >= 15 is 0 Å². The van der Waals surface area contributed by atoms with Gasteiger partial charge in [-0.05, 0) is 41.8 Å². The average molecular weight is 230 g/mol. The van der Waals surface area contributed by atoms with E-state index in [9.17, 15) is 4.79 Å². The topological polar surface area (TPSA) is 46.5 Å². The van der Waals surface area contributed by atoms with E-state index in [1.165, 1.54) is 0 Å². The fourth-order valence-electron chi connectivity index (χ4n) is 1.81. The molecular formula is C14H14O3. The summed E-state index contributed by atoms with van der Waals surface area (Å²) >= 11 is 0. The van der Waals surface area contributed by atoms with Crippen LogP contribution in [0.25, 0.3) is 6.08 Å². The Balaban J connectivity index is 2.21. The second kappa shape index (κ2) is 4.45. The molecule has 0 radical (unpaired) electrons. The Morgan fingerprint density at radius 1 is 1.59 bits per heavy atom. The van der Waals surface area contributed by atoms with Gasteiger partial charge in [-0.15, -0.1) is 0 Å². The van der Waals surface area contributed by atoms with Crippen LogP contribution in [0.15, 0.2) is 36.4 Å². The molecule has 0 saturated heterocycles. The minimum atomic E-state index is -0.943. The highest BCUT2D eigenvalue weighted by molar-refractivity contribution is 5.85. The third-order valence-corrected chi connectivity index (χ3v) is 2.73. The van der Waals surface area contributed by atoms with Gasteiger partial charge in [0.1, 0.15) is 11.9 Å². The molecule has 0 aliphatic carbocycles. The number of rotatable bonds is 3. The van der Waals surface area contributed by atoms with Crippen LogP contribution in [0.5, 0.6) is 5.75 Å². The van der Waals surface area contributed by atoms with Crippen LogP contribution in [-0.4, -0.2) is 17.2 Å². The molecule has 1 aromatic rings. The highest BCUT2D eigenvalue weighted by Gasteiger charge is 2.22. The van der Waals surface area contributed by atoms with Crippen molar-refractivity contribution in [1.29, 1.82) is 0 Å². The smallest absolute Gasteiger partial charge is 0.328 e. The largest absolute Gasteiger partial charge is 0.485 e. The number of carboxylic acid groups (broad SMARTS) is 1. The van der Waals surface area contributed by atoms with Gasteiger partial charge in [-0.25, -0.2) is 4.79 Å². The van der Waals surface area contributed by atoms with E-state index in [2.05, 4.69) is 6.58 Å². The quantitative estimate of drug-likeness (QED) is 0.641. The number of ether oxygens (including phenoxy) is 1. The molecule has 88 valence electrons. The van der Waals surface area contributed by atoms with E-state index in [0.717, 1.165) is 34.9 Å². The summed E-state index contributed by atoms with van der Waals surface area (Å²) in [5, 5.41) is 8.56. The molecule has 1 N–H and O–H groups in total. The molecule has 1 heterocycles. The summed E-state index contributed by atoms with van der Waals surface area (Å²) in [5.74, 6) is -0.0768. The van der Waals surface area contributed by atoms with Crippen molar-refractivity contribution in [3.8, 4) is 5.75 Å². The fraction of sp³-hybridized carbons (Fsp3) is 0.214. The molecule has 0 saturated carbocycles. The van der Waals surface area contributed by atoms with E-state index in [4.69, 9.17) is 9.84 Å². The van der Waals surface area contributed by atoms with Crippen molar-refractivity contribution in [2.24, 2.45) is 0 Å². The highest BCUT2D eigenvalue weighted by atomic mass is 16.5. The van der Waals surface area contributed by atoms with Crippen LogP contribution in [0, 0.1) is 0 Å². The number of benzene rings is 1. The normalized spacial score (nSPS) is 17.8. The van der Waals surface area contributed by atoms with Crippen molar-refractivity contribution in [1.82, 2.24) is 0 Å². The zero-order valence-corrected chi connectivity index (χ0v) is 9.64. The van der Waals surface area contributed by atoms with Gasteiger partial charge in [-0.3, -0.25) is 0 Å². The average Bonchev–Trinajstić information content (AvgIpc) is 2.69. The van der Waals surface area contributed by atoms with E-state index < -0.39 is 5.97 Å². The molecule has 17 heavy (non-hydrogen) atoms. The third kappa shape index (κ3) is 2.56. The van der Waals surface area contributed by atoms with Crippen molar-refractivity contribution < 1.29 is 14.6 Å². The summed E-state index contributed by atoms with van der Waals surface area (Å²) in [4.78, 5) is 10.4. The molecule has 1 atom stereocenters. The summed E-state index contributed by atoms with van der Waals surface area (Å²) in [6.07, 6.45) is 3.56. The van der Waals surface area contributed by atoms with Crippen LogP contribution < -0.4 is 4.74 Å². The second-order valence-electron chi connectivity index (χ2n) is 4.20. The molecule has 0 spiro atoms. The molecule has 3 nitrogen and oxygen atoms in total. The SMILES string of the molecule is C=C(C)C1Cc2cc(/C=C/C(=O)O)ccc2O1. The lowest BCUT2D eigenvalue weighted by Crippen LogP contribution is -2.13. The van der Waals surface area contributed by atoms with Gasteiger partial charge < -0.3 is 9.84 Å².